The number of amides is 1. The van der Waals surface area contributed by atoms with Crippen LogP contribution in [0.25, 0.3) is 10.2 Å². The van der Waals surface area contributed by atoms with Crippen LogP contribution in [0.5, 0.6) is 0 Å². The number of carbonyl (C=O) groups excluding carboxylic acids is 1. The Morgan fingerprint density at radius 2 is 1.79 bits per heavy atom. The van der Waals surface area contributed by atoms with Gasteiger partial charge in [-0.25, -0.2) is 4.98 Å². The van der Waals surface area contributed by atoms with Crippen LogP contribution in [0, 0.1) is 6.92 Å². The normalized spacial score (nSPS) is 11.7. The third-order valence-electron chi connectivity index (χ3n) is 3.87. The maximum atomic E-state index is 12.5. The van der Waals surface area contributed by atoms with Gasteiger partial charge in [0.25, 0.3) is 5.91 Å². The van der Waals surface area contributed by atoms with Gasteiger partial charge in [-0.3, -0.25) is 4.79 Å². The fraction of sp³-hybridized carbons (Fsp3) is 0.263. The Morgan fingerprint density at radius 3 is 2.42 bits per heavy atom. The molecule has 0 bridgehead atoms. The molecule has 3 rings (SSSR count). The smallest absolute Gasteiger partial charge is 0.255 e. The Kier molecular flexibility index (Phi) is 4.49. The molecular weight excluding hydrogens is 384 g/mol. The fourth-order valence-corrected chi connectivity index (χ4v) is 3.99. The van der Waals surface area contributed by atoms with E-state index in [1.54, 1.807) is 11.3 Å². The first kappa shape index (κ1) is 17.1. The maximum absolute atomic E-state index is 12.5. The number of hydrogen-bond donors (Lipinski definition) is 1. The second kappa shape index (κ2) is 6.30. The average molecular weight is 403 g/mol. The van der Waals surface area contributed by atoms with E-state index < -0.39 is 0 Å². The molecule has 124 valence electrons. The highest BCUT2D eigenvalue weighted by Crippen LogP contribution is 2.34. The number of aryl methyl sites for hydroxylation is 1. The standard InChI is InChI=1S/C19H19BrN2OS/c1-11-21-17-15(24-11)10-9-14(16(17)20)22-18(23)12-5-7-13(8-6-12)19(2,3)4/h5-10H,1-4H3,(H,22,23). The highest BCUT2D eigenvalue weighted by Gasteiger charge is 2.16. The summed E-state index contributed by atoms with van der Waals surface area (Å²) in [6, 6.07) is 11.7. The van der Waals surface area contributed by atoms with Gasteiger partial charge in [0, 0.05) is 5.56 Å². The summed E-state index contributed by atoms with van der Waals surface area (Å²) in [6.45, 7) is 8.45. The lowest BCUT2D eigenvalue weighted by atomic mass is 9.87. The lowest BCUT2D eigenvalue weighted by Crippen LogP contribution is -2.14. The van der Waals surface area contributed by atoms with Gasteiger partial charge in [0.05, 0.1) is 25.4 Å². The van der Waals surface area contributed by atoms with Gasteiger partial charge in [0.2, 0.25) is 0 Å². The zero-order valence-corrected chi connectivity index (χ0v) is 16.5. The molecule has 0 saturated heterocycles. The molecule has 0 radical (unpaired) electrons. The number of anilines is 1. The Bertz CT molecular complexity index is 908. The molecule has 0 atom stereocenters. The summed E-state index contributed by atoms with van der Waals surface area (Å²) in [6.07, 6.45) is 0. The van der Waals surface area contributed by atoms with E-state index in [1.807, 2.05) is 43.3 Å². The number of rotatable bonds is 2. The van der Waals surface area contributed by atoms with Gasteiger partial charge < -0.3 is 5.32 Å². The van der Waals surface area contributed by atoms with Crippen molar-refractivity contribution in [2.45, 2.75) is 33.1 Å². The molecule has 0 spiro atoms. The van der Waals surface area contributed by atoms with Crippen molar-refractivity contribution >= 4 is 49.1 Å². The maximum Gasteiger partial charge on any atom is 0.255 e. The quantitative estimate of drug-likeness (QED) is 0.577. The highest BCUT2D eigenvalue weighted by atomic mass is 79.9. The molecule has 1 heterocycles. The topological polar surface area (TPSA) is 42.0 Å². The molecule has 1 amide bonds. The van der Waals surface area contributed by atoms with E-state index in [2.05, 4.69) is 47.0 Å². The Labute approximate surface area is 154 Å². The van der Waals surface area contributed by atoms with Crippen LogP contribution in [0.4, 0.5) is 5.69 Å². The predicted molar refractivity (Wildman–Crippen MR) is 105 cm³/mol. The molecule has 0 fully saturated rings. The van der Waals surface area contributed by atoms with E-state index in [0.717, 1.165) is 25.4 Å². The largest absolute Gasteiger partial charge is 0.321 e. The van der Waals surface area contributed by atoms with Crippen molar-refractivity contribution in [3.8, 4) is 0 Å². The monoisotopic (exact) mass is 402 g/mol. The van der Waals surface area contributed by atoms with Crippen molar-refractivity contribution in [1.29, 1.82) is 0 Å². The zero-order chi connectivity index (χ0) is 17.5. The summed E-state index contributed by atoms with van der Waals surface area (Å²) in [5.41, 5.74) is 3.55. The first-order chi connectivity index (χ1) is 11.3. The number of thiazole rings is 1. The van der Waals surface area contributed by atoms with Crippen LogP contribution in [0.15, 0.2) is 40.9 Å². The van der Waals surface area contributed by atoms with Crippen LogP contribution in [-0.4, -0.2) is 10.9 Å². The van der Waals surface area contributed by atoms with Gasteiger partial charge in [-0.1, -0.05) is 32.9 Å². The van der Waals surface area contributed by atoms with E-state index in [0.29, 0.717) is 5.56 Å². The minimum atomic E-state index is -0.123. The number of hydrogen-bond acceptors (Lipinski definition) is 3. The van der Waals surface area contributed by atoms with E-state index in [9.17, 15) is 4.79 Å². The number of benzene rings is 2. The van der Waals surface area contributed by atoms with Crippen molar-refractivity contribution in [1.82, 2.24) is 4.98 Å². The summed E-state index contributed by atoms with van der Waals surface area (Å²) >= 11 is 5.20. The second-order valence-electron chi connectivity index (χ2n) is 6.79. The molecule has 5 heteroatoms. The first-order valence-electron chi connectivity index (χ1n) is 7.73. The zero-order valence-electron chi connectivity index (χ0n) is 14.1. The van der Waals surface area contributed by atoms with Gasteiger partial charge in [-0.2, -0.15) is 0 Å². The summed E-state index contributed by atoms with van der Waals surface area (Å²) in [5, 5.41) is 3.97. The number of halogens is 1. The summed E-state index contributed by atoms with van der Waals surface area (Å²) in [7, 11) is 0. The molecule has 24 heavy (non-hydrogen) atoms. The molecule has 3 aromatic rings. The minimum Gasteiger partial charge on any atom is -0.321 e. The third kappa shape index (κ3) is 3.37. The third-order valence-corrected chi connectivity index (χ3v) is 5.61. The molecule has 3 nitrogen and oxygen atoms in total. The number of aromatic nitrogens is 1. The number of carbonyl (C=O) groups is 1. The van der Waals surface area contributed by atoms with Crippen molar-refractivity contribution in [3.63, 3.8) is 0 Å². The number of nitrogens with one attached hydrogen (secondary N) is 1. The molecule has 0 unspecified atom stereocenters. The van der Waals surface area contributed by atoms with Crippen LogP contribution >= 0.6 is 27.3 Å². The lowest BCUT2D eigenvalue weighted by Gasteiger charge is -2.19. The van der Waals surface area contributed by atoms with Crippen LogP contribution in [0.1, 0.15) is 41.7 Å². The SMILES string of the molecule is Cc1nc2c(Br)c(NC(=O)c3ccc(C(C)(C)C)cc3)ccc2s1. The molecule has 2 aromatic carbocycles. The molecule has 1 aromatic heterocycles. The van der Waals surface area contributed by atoms with E-state index >= 15 is 0 Å². The molecule has 0 aliphatic heterocycles. The van der Waals surface area contributed by atoms with Gasteiger partial charge >= 0.3 is 0 Å². The average Bonchev–Trinajstić information content (AvgIpc) is 2.91. The second-order valence-corrected chi connectivity index (χ2v) is 8.82. The number of fused-ring (bicyclic) bond motifs is 1. The number of nitrogens with zero attached hydrogens (tertiary/aromatic N) is 1. The predicted octanol–water partition coefficient (Wildman–Crippen LogP) is 5.92. The van der Waals surface area contributed by atoms with Crippen LogP contribution in [0.2, 0.25) is 0 Å². The first-order valence-corrected chi connectivity index (χ1v) is 9.34. The van der Waals surface area contributed by atoms with Crippen LogP contribution < -0.4 is 5.32 Å². The molecule has 0 aliphatic rings. The lowest BCUT2D eigenvalue weighted by molar-refractivity contribution is 0.102. The van der Waals surface area contributed by atoms with Crippen LogP contribution in [0.3, 0.4) is 0 Å². The van der Waals surface area contributed by atoms with Crippen molar-refractivity contribution in [2.24, 2.45) is 0 Å². The van der Waals surface area contributed by atoms with Crippen molar-refractivity contribution in [3.05, 3.63) is 57.0 Å². The summed E-state index contributed by atoms with van der Waals surface area (Å²) in [4.78, 5) is 17.0. The molecule has 0 saturated carbocycles. The van der Waals surface area contributed by atoms with E-state index in [4.69, 9.17) is 0 Å². The molecule has 0 aliphatic carbocycles. The van der Waals surface area contributed by atoms with Crippen molar-refractivity contribution in [2.75, 3.05) is 5.32 Å². The van der Waals surface area contributed by atoms with E-state index in [1.165, 1.54) is 5.56 Å². The fourth-order valence-electron chi connectivity index (χ4n) is 2.49. The van der Waals surface area contributed by atoms with Gasteiger partial charge in [-0.15, -0.1) is 11.3 Å². The molecular formula is C19H19BrN2OS. The highest BCUT2D eigenvalue weighted by molar-refractivity contribution is 9.10. The van der Waals surface area contributed by atoms with Crippen molar-refractivity contribution < 1.29 is 4.79 Å². The summed E-state index contributed by atoms with van der Waals surface area (Å²) in [5.74, 6) is -0.123. The Hall–Kier alpha value is -1.72. The minimum absolute atomic E-state index is 0.0749. The Morgan fingerprint density at radius 1 is 1.12 bits per heavy atom. The Balaban J connectivity index is 1.85. The molecule has 1 N–H and O–H groups in total. The van der Waals surface area contributed by atoms with Gasteiger partial charge in [-0.05, 0) is 58.1 Å². The summed E-state index contributed by atoms with van der Waals surface area (Å²) < 4.78 is 1.93. The van der Waals surface area contributed by atoms with Gasteiger partial charge in [0.15, 0.2) is 0 Å². The van der Waals surface area contributed by atoms with Crippen LogP contribution in [-0.2, 0) is 5.41 Å². The van der Waals surface area contributed by atoms with Gasteiger partial charge in [0.1, 0.15) is 0 Å². The van der Waals surface area contributed by atoms with E-state index in [-0.39, 0.29) is 11.3 Å².